The molecule has 0 unspecified atom stereocenters. The van der Waals surface area contributed by atoms with Gasteiger partial charge < -0.3 is 14.2 Å². The smallest absolute Gasteiger partial charge is 0.344 e. The van der Waals surface area contributed by atoms with Crippen molar-refractivity contribution >= 4 is 16.2 Å². The summed E-state index contributed by atoms with van der Waals surface area (Å²) < 4.78 is 77.5. The molecule has 0 aromatic heterocycles. The number of halogens is 5. The fourth-order valence-electron chi connectivity index (χ4n) is 1.31. The Morgan fingerprint density at radius 3 is 2.14 bits per heavy atom. The third-order valence-corrected chi connectivity index (χ3v) is 3.32. The van der Waals surface area contributed by atoms with Crippen LogP contribution in [0.15, 0.2) is 23.1 Å². The van der Waals surface area contributed by atoms with E-state index in [9.17, 15) is 24.2 Å². The first kappa shape index (κ1) is 17.3. The summed E-state index contributed by atoms with van der Waals surface area (Å²) in [5, 5.41) is 0. The molecular formula is C11H13F5O4S. The number of esters is 1. The number of carbonyl (C=O) groups is 1. The van der Waals surface area contributed by atoms with Crippen molar-refractivity contribution in [1.29, 1.82) is 0 Å². The highest BCUT2D eigenvalue weighted by molar-refractivity contribution is 8.45. The van der Waals surface area contributed by atoms with Crippen molar-refractivity contribution in [2.45, 2.75) is 11.8 Å². The Balaban J connectivity index is 3.11. The van der Waals surface area contributed by atoms with Crippen molar-refractivity contribution in [3.8, 4) is 11.5 Å². The Kier molecular flexibility index (Phi) is 4.07. The molecule has 0 radical (unpaired) electrons. The SMILES string of the molecule is CCOC(=O)COc1cc(OC)cc(S(F)(F)(F)(F)F)c1. The molecule has 0 saturated carbocycles. The minimum Gasteiger partial charge on any atom is -0.497 e. The van der Waals surface area contributed by atoms with Crippen molar-refractivity contribution in [3.63, 3.8) is 0 Å². The van der Waals surface area contributed by atoms with E-state index in [2.05, 4.69) is 9.47 Å². The lowest BCUT2D eigenvalue weighted by molar-refractivity contribution is -0.145. The molecule has 0 fully saturated rings. The molecule has 1 rings (SSSR count). The van der Waals surface area contributed by atoms with Gasteiger partial charge in [0, 0.05) is 18.2 Å². The Morgan fingerprint density at radius 2 is 1.67 bits per heavy atom. The van der Waals surface area contributed by atoms with Crippen molar-refractivity contribution < 1.29 is 38.4 Å². The van der Waals surface area contributed by atoms with Gasteiger partial charge in [0.2, 0.25) is 0 Å². The van der Waals surface area contributed by atoms with Crippen LogP contribution in [0.3, 0.4) is 0 Å². The molecule has 10 heteroatoms. The van der Waals surface area contributed by atoms with Crippen molar-refractivity contribution in [1.82, 2.24) is 0 Å². The molecule has 122 valence electrons. The average molecular weight is 336 g/mol. The second-order valence-corrected chi connectivity index (χ2v) is 6.32. The molecule has 0 aliphatic carbocycles. The first-order valence-electron chi connectivity index (χ1n) is 5.57. The van der Waals surface area contributed by atoms with E-state index in [1.54, 1.807) is 0 Å². The zero-order valence-corrected chi connectivity index (χ0v) is 11.9. The van der Waals surface area contributed by atoms with Crippen molar-refractivity contribution in [3.05, 3.63) is 18.2 Å². The average Bonchev–Trinajstić information content (AvgIpc) is 2.33. The normalized spacial score (nSPS) is 14.8. The van der Waals surface area contributed by atoms with E-state index >= 15 is 0 Å². The van der Waals surface area contributed by atoms with Gasteiger partial charge in [0.15, 0.2) is 6.61 Å². The van der Waals surface area contributed by atoms with Gasteiger partial charge in [-0.2, -0.15) is 0 Å². The fourth-order valence-corrected chi connectivity index (χ4v) is 1.99. The highest BCUT2D eigenvalue weighted by atomic mass is 32.5. The molecule has 0 bridgehead atoms. The number of ether oxygens (including phenoxy) is 3. The predicted octanol–water partition coefficient (Wildman–Crippen LogP) is 4.29. The first-order chi connectivity index (χ1) is 9.35. The van der Waals surface area contributed by atoms with Gasteiger partial charge in [-0.3, -0.25) is 0 Å². The molecule has 0 N–H and O–H groups in total. The number of benzene rings is 1. The quantitative estimate of drug-likeness (QED) is 0.574. The van der Waals surface area contributed by atoms with Crippen LogP contribution < -0.4 is 9.47 Å². The Hall–Kier alpha value is -1.71. The first-order valence-corrected chi connectivity index (χ1v) is 7.52. The lowest BCUT2D eigenvalue weighted by Gasteiger charge is -2.40. The van der Waals surface area contributed by atoms with Crippen LogP contribution in [0.25, 0.3) is 0 Å². The molecule has 0 spiro atoms. The maximum atomic E-state index is 12.8. The Labute approximate surface area is 117 Å². The zero-order valence-electron chi connectivity index (χ0n) is 11.1. The molecule has 0 aliphatic heterocycles. The summed E-state index contributed by atoms with van der Waals surface area (Å²) in [4.78, 5) is 8.88. The van der Waals surface area contributed by atoms with Crippen molar-refractivity contribution in [2.24, 2.45) is 0 Å². The maximum absolute atomic E-state index is 12.8. The number of hydrogen-bond donors (Lipinski definition) is 0. The molecule has 21 heavy (non-hydrogen) atoms. The summed E-state index contributed by atoms with van der Waals surface area (Å²) in [5.41, 5.74) is 0. The van der Waals surface area contributed by atoms with Crippen LogP contribution in [-0.2, 0) is 9.53 Å². The third kappa shape index (κ3) is 5.29. The Bertz CT molecular complexity index is 543. The fraction of sp³-hybridized carbons (Fsp3) is 0.364. The van der Waals surface area contributed by atoms with Crippen LogP contribution in [-0.4, -0.2) is 26.3 Å². The summed E-state index contributed by atoms with van der Waals surface area (Å²) in [6, 6.07) is 1.23. The molecular weight excluding hydrogens is 323 g/mol. The van der Waals surface area contributed by atoms with Gasteiger partial charge in [0.25, 0.3) is 0 Å². The molecule has 0 saturated heterocycles. The highest BCUT2D eigenvalue weighted by Gasteiger charge is 2.65. The van der Waals surface area contributed by atoms with Gasteiger partial charge in [-0.05, 0) is 6.92 Å². The number of methoxy groups -OCH3 is 1. The van der Waals surface area contributed by atoms with E-state index in [1.807, 2.05) is 0 Å². The molecule has 4 nitrogen and oxygen atoms in total. The minimum absolute atomic E-state index is 0.0526. The molecule has 0 amide bonds. The second kappa shape index (κ2) is 4.93. The molecule has 1 aromatic carbocycles. The monoisotopic (exact) mass is 336 g/mol. The van der Waals surface area contributed by atoms with Gasteiger partial charge in [0.1, 0.15) is 16.4 Å². The van der Waals surface area contributed by atoms with Gasteiger partial charge in [-0.1, -0.05) is 19.4 Å². The minimum atomic E-state index is -9.87. The maximum Gasteiger partial charge on any atom is 0.344 e. The summed E-state index contributed by atoms with van der Waals surface area (Å²) >= 11 is 0. The van der Waals surface area contributed by atoms with E-state index in [0.717, 1.165) is 13.2 Å². The van der Waals surface area contributed by atoms with Gasteiger partial charge in [0.05, 0.1) is 13.7 Å². The summed E-state index contributed by atoms with van der Waals surface area (Å²) in [7, 11) is -8.86. The van der Waals surface area contributed by atoms with Crippen LogP contribution in [0.2, 0.25) is 0 Å². The standard InChI is InChI=1S/C11H13F5O4S/c1-3-19-11(17)7-20-9-4-8(18-2)5-10(6-9)21(12,13,14,15)16/h4-6H,3,7H2,1-2H3. The largest absolute Gasteiger partial charge is 0.497 e. The van der Waals surface area contributed by atoms with Crippen LogP contribution >= 0.6 is 10.2 Å². The summed E-state index contributed by atoms with van der Waals surface area (Å²) in [6.07, 6.45) is 0. The van der Waals surface area contributed by atoms with Crippen LogP contribution in [0.1, 0.15) is 6.92 Å². The van der Waals surface area contributed by atoms with E-state index in [1.165, 1.54) is 6.92 Å². The van der Waals surface area contributed by atoms with Crippen LogP contribution in [0.5, 0.6) is 11.5 Å². The van der Waals surface area contributed by atoms with Gasteiger partial charge in [-0.15, -0.1) is 0 Å². The van der Waals surface area contributed by atoms with E-state index in [0.29, 0.717) is 0 Å². The Morgan fingerprint density at radius 1 is 1.10 bits per heavy atom. The number of carbonyl (C=O) groups excluding carboxylic acids is 1. The molecule has 1 aromatic rings. The zero-order chi connectivity index (χ0) is 16.4. The molecule has 0 atom stereocenters. The second-order valence-electron chi connectivity index (χ2n) is 3.91. The topological polar surface area (TPSA) is 44.8 Å². The predicted molar refractivity (Wildman–Crippen MR) is 66.5 cm³/mol. The van der Waals surface area contributed by atoms with E-state index in [-0.39, 0.29) is 18.7 Å². The van der Waals surface area contributed by atoms with Crippen LogP contribution in [0, 0.1) is 0 Å². The van der Waals surface area contributed by atoms with Gasteiger partial charge >= 0.3 is 16.2 Å². The highest BCUT2D eigenvalue weighted by Crippen LogP contribution is 3.02. The number of rotatable bonds is 6. The lowest BCUT2D eigenvalue weighted by Crippen LogP contribution is -2.15. The lowest BCUT2D eigenvalue weighted by atomic mass is 10.3. The van der Waals surface area contributed by atoms with E-state index < -0.39 is 39.2 Å². The summed E-state index contributed by atoms with van der Waals surface area (Å²) in [5.74, 6) is -1.89. The molecule has 0 aliphatic rings. The van der Waals surface area contributed by atoms with Gasteiger partial charge in [-0.25, -0.2) is 4.79 Å². The van der Waals surface area contributed by atoms with Crippen LogP contribution in [0.4, 0.5) is 19.4 Å². The van der Waals surface area contributed by atoms with E-state index in [4.69, 9.17) is 4.74 Å². The number of hydrogen-bond acceptors (Lipinski definition) is 4. The van der Waals surface area contributed by atoms with Crippen molar-refractivity contribution in [2.75, 3.05) is 20.3 Å². The third-order valence-electron chi connectivity index (χ3n) is 2.20. The summed E-state index contributed by atoms with van der Waals surface area (Å²) in [6.45, 7) is 0.869. The molecule has 0 heterocycles.